The molecule has 0 saturated heterocycles. The lowest BCUT2D eigenvalue weighted by atomic mass is 9.34. The van der Waals surface area contributed by atoms with Crippen molar-refractivity contribution in [3.05, 3.63) is 81.7 Å². The van der Waals surface area contributed by atoms with E-state index in [1.54, 1.807) is 0 Å². The summed E-state index contributed by atoms with van der Waals surface area (Å²) in [5.41, 5.74) is 6.81. The highest BCUT2D eigenvalue weighted by Gasteiger charge is 2.45. The smallest absolute Gasteiger partial charge is 0.262 e. The van der Waals surface area contributed by atoms with Gasteiger partial charge in [0.05, 0.1) is 0 Å². The van der Waals surface area contributed by atoms with Gasteiger partial charge in [-0.3, -0.25) is 4.90 Å². The van der Waals surface area contributed by atoms with Crippen molar-refractivity contribution in [2.75, 3.05) is 4.90 Å². The first-order valence-electron chi connectivity index (χ1n) is 11.2. The Morgan fingerprint density at radius 2 is 1.61 bits per heavy atom. The van der Waals surface area contributed by atoms with E-state index >= 15 is 0 Å². The number of rotatable bonds is 1. The first kappa shape index (κ1) is 20.7. The maximum absolute atomic E-state index is 6.50. The van der Waals surface area contributed by atoms with E-state index in [0.29, 0.717) is 5.88 Å². The van der Waals surface area contributed by atoms with Crippen LogP contribution in [0.3, 0.4) is 0 Å². The second-order valence-corrected chi connectivity index (χ2v) is 10.9. The lowest BCUT2D eigenvalue weighted by Crippen LogP contribution is -2.61. The highest BCUT2D eigenvalue weighted by molar-refractivity contribution is 14.1. The highest BCUT2D eigenvalue weighted by atomic mass is 127. The molecule has 0 unspecified atom stereocenters. The van der Waals surface area contributed by atoms with E-state index in [2.05, 4.69) is 116 Å². The topological polar surface area (TPSA) is 38.3 Å². The number of hydrogen-bond donors (Lipinski definition) is 0. The summed E-state index contributed by atoms with van der Waals surface area (Å²) in [5, 5.41) is 0. The Hall–Kier alpha value is -2.87. The van der Waals surface area contributed by atoms with E-state index in [4.69, 9.17) is 14.7 Å². The van der Waals surface area contributed by atoms with Crippen LogP contribution in [-0.2, 0) is 5.41 Å². The predicted octanol–water partition coefficient (Wildman–Crippen LogP) is 5.09. The monoisotopic (exact) mass is 543 g/mol. The molecule has 6 heteroatoms. The number of ether oxygens (including phenoxy) is 1. The van der Waals surface area contributed by atoms with Crippen molar-refractivity contribution in [1.82, 2.24) is 9.97 Å². The third kappa shape index (κ3) is 3.10. The van der Waals surface area contributed by atoms with Gasteiger partial charge in [-0.2, -0.15) is 4.98 Å². The van der Waals surface area contributed by atoms with Crippen LogP contribution in [0.25, 0.3) is 0 Å². The van der Waals surface area contributed by atoms with Gasteiger partial charge in [-0.15, -0.1) is 0 Å². The van der Waals surface area contributed by atoms with Crippen molar-refractivity contribution in [2.45, 2.75) is 33.1 Å². The van der Waals surface area contributed by atoms with E-state index in [9.17, 15) is 0 Å². The Balaban J connectivity index is 1.76. The van der Waals surface area contributed by atoms with Crippen LogP contribution in [0, 0.1) is 10.5 Å². The second-order valence-electron chi connectivity index (χ2n) is 9.71. The molecule has 6 rings (SSSR count). The molecule has 0 spiro atoms. The summed E-state index contributed by atoms with van der Waals surface area (Å²) in [6, 6.07) is 23.3. The van der Waals surface area contributed by atoms with Gasteiger partial charge in [-0.05, 0) is 70.8 Å². The van der Waals surface area contributed by atoms with Crippen LogP contribution >= 0.6 is 22.6 Å². The normalized spacial score (nSPS) is 13.7. The molecule has 0 bridgehead atoms. The molecular weight excluding hydrogens is 520 g/mol. The van der Waals surface area contributed by atoms with Crippen LogP contribution in [0.5, 0.6) is 11.6 Å². The average Bonchev–Trinajstić information content (AvgIpc) is 2.78. The molecule has 0 amide bonds. The van der Waals surface area contributed by atoms with E-state index < -0.39 is 0 Å². The zero-order chi connectivity index (χ0) is 22.9. The number of aryl methyl sites for hydroxylation is 1. The third-order valence-electron chi connectivity index (χ3n) is 6.42. The van der Waals surface area contributed by atoms with Gasteiger partial charge in [-0.25, -0.2) is 4.98 Å². The van der Waals surface area contributed by atoms with Gasteiger partial charge < -0.3 is 4.74 Å². The summed E-state index contributed by atoms with van der Waals surface area (Å²) < 4.78 is 7.69. The Morgan fingerprint density at radius 3 is 2.36 bits per heavy atom. The summed E-state index contributed by atoms with van der Waals surface area (Å²) >= 11 is 2.43. The van der Waals surface area contributed by atoms with Gasteiger partial charge in [0, 0.05) is 25.8 Å². The maximum atomic E-state index is 6.50. The van der Waals surface area contributed by atoms with Crippen LogP contribution in [0.15, 0.2) is 66.7 Å². The number of para-hydroxylation sites is 1. The predicted molar refractivity (Wildman–Crippen MR) is 144 cm³/mol. The molecule has 3 aromatic carbocycles. The molecule has 1 aromatic heterocycles. The number of halogens is 1. The summed E-state index contributed by atoms with van der Waals surface area (Å²) in [7, 11) is 0. The molecule has 0 atom stereocenters. The van der Waals surface area contributed by atoms with Crippen molar-refractivity contribution >= 4 is 62.9 Å². The van der Waals surface area contributed by atoms with Crippen molar-refractivity contribution in [1.29, 1.82) is 0 Å². The number of hydrogen-bond acceptors (Lipinski definition) is 4. The minimum atomic E-state index is -0.217. The van der Waals surface area contributed by atoms with Crippen molar-refractivity contribution in [2.24, 2.45) is 0 Å². The van der Waals surface area contributed by atoms with Gasteiger partial charge >= 0.3 is 0 Å². The van der Waals surface area contributed by atoms with E-state index in [0.717, 1.165) is 34.2 Å². The fraction of sp³-hybridized carbons (Fsp3) is 0.185. The van der Waals surface area contributed by atoms with Gasteiger partial charge in [0.25, 0.3) is 6.71 Å². The molecule has 2 aliphatic heterocycles. The van der Waals surface area contributed by atoms with Crippen LogP contribution in [0.2, 0.25) is 0 Å². The molecular formula is C27H23BIN3O. The SMILES string of the molecule is Cc1cccc2c1B1c3c(I)cccc3Oc3nc(C(C)(C)C)nc(c31)N2c1ccccc1. The van der Waals surface area contributed by atoms with Gasteiger partial charge in [-0.1, -0.05) is 62.7 Å². The molecule has 0 fully saturated rings. The highest BCUT2D eigenvalue weighted by Crippen LogP contribution is 2.40. The Morgan fingerprint density at radius 1 is 0.848 bits per heavy atom. The first-order valence-corrected chi connectivity index (χ1v) is 12.3. The maximum Gasteiger partial charge on any atom is 0.262 e. The van der Waals surface area contributed by atoms with Gasteiger partial charge in [0.15, 0.2) is 0 Å². The summed E-state index contributed by atoms with van der Waals surface area (Å²) in [6.07, 6.45) is 0. The molecule has 33 heavy (non-hydrogen) atoms. The second kappa shape index (κ2) is 7.32. The number of nitrogens with zero attached hydrogens (tertiary/aromatic N) is 3. The molecule has 162 valence electrons. The number of anilines is 3. The molecule has 3 heterocycles. The molecule has 4 aromatic rings. The Kier molecular flexibility index (Phi) is 4.60. The van der Waals surface area contributed by atoms with Crippen LogP contribution in [0.1, 0.15) is 32.2 Å². The van der Waals surface area contributed by atoms with Crippen LogP contribution < -0.4 is 26.0 Å². The van der Waals surface area contributed by atoms with Crippen LogP contribution in [0.4, 0.5) is 17.2 Å². The lowest BCUT2D eigenvalue weighted by molar-refractivity contribution is 0.450. The molecule has 0 radical (unpaired) electrons. The molecule has 2 aliphatic rings. The largest absolute Gasteiger partial charge is 0.440 e. The third-order valence-corrected chi connectivity index (χ3v) is 7.36. The Bertz CT molecular complexity index is 1420. The summed E-state index contributed by atoms with van der Waals surface area (Å²) in [6.45, 7) is 8.66. The number of benzene rings is 3. The zero-order valence-electron chi connectivity index (χ0n) is 19.1. The van der Waals surface area contributed by atoms with E-state index in [-0.39, 0.29) is 12.1 Å². The van der Waals surface area contributed by atoms with Gasteiger partial charge in [0.2, 0.25) is 5.88 Å². The van der Waals surface area contributed by atoms with Crippen molar-refractivity contribution < 1.29 is 4.74 Å². The standard InChI is InChI=1S/C27H23BIN3O/c1-16-10-8-14-19-21(16)28-22-18(29)13-9-15-20(22)33-25-23(28)24(30-26(31-25)27(2,3)4)32(19)17-11-6-5-7-12-17/h5-15H,1-4H3. The summed E-state index contributed by atoms with van der Waals surface area (Å²) in [4.78, 5) is 12.4. The van der Waals surface area contributed by atoms with Crippen LogP contribution in [-0.4, -0.2) is 16.7 Å². The summed E-state index contributed by atoms with van der Waals surface area (Å²) in [5.74, 6) is 3.23. The molecule has 0 N–H and O–H groups in total. The minimum absolute atomic E-state index is 0.0250. The van der Waals surface area contributed by atoms with Crippen molar-refractivity contribution in [3.8, 4) is 11.6 Å². The fourth-order valence-corrected chi connectivity index (χ4v) is 5.67. The quantitative estimate of drug-likeness (QED) is 0.214. The van der Waals surface area contributed by atoms with Gasteiger partial charge in [0.1, 0.15) is 17.4 Å². The fourth-order valence-electron chi connectivity index (χ4n) is 4.89. The molecule has 4 nitrogen and oxygen atoms in total. The average molecular weight is 543 g/mol. The minimum Gasteiger partial charge on any atom is -0.440 e. The Labute approximate surface area is 208 Å². The zero-order valence-corrected chi connectivity index (χ0v) is 21.2. The molecule has 0 saturated carbocycles. The lowest BCUT2D eigenvalue weighted by Gasteiger charge is -2.40. The van der Waals surface area contributed by atoms with E-state index in [1.807, 2.05) is 6.07 Å². The molecule has 0 aliphatic carbocycles. The van der Waals surface area contributed by atoms with Crippen molar-refractivity contribution in [3.63, 3.8) is 0 Å². The number of fused-ring (bicyclic) bond motifs is 4. The first-order chi connectivity index (χ1) is 15.8. The number of aromatic nitrogens is 2. The van der Waals surface area contributed by atoms with E-state index in [1.165, 1.54) is 20.1 Å².